The maximum absolute atomic E-state index is 11.4. The van der Waals surface area contributed by atoms with Crippen molar-refractivity contribution in [2.45, 2.75) is 32.2 Å². The van der Waals surface area contributed by atoms with Crippen LogP contribution in [0.4, 0.5) is 0 Å². The van der Waals surface area contributed by atoms with E-state index in [1.54, 1.807) is 0 Å². The number of aliphatic imine (C=N–C) groups is 1. The molecule has 0 aromatic rings. The van der Waals surface area contributed by atoms with Crippen LogP contribution in [0.15, 0.2) is 4.99 Å². The van der Waals surface area contributed by atoms with Gasteiger partial charge in [0.05, 0.1) is 0 Å². The molecule has 0 bridgehead atoms. The molecular formula is C9H15N3O. The number of nitrogens with zero attached hydrogens (tertiary/aromatic N) is 2. The fourth-order valence-corrected chi connectivity index (χ4v) is 1.91. The predicted octanol–water partition coefficient (Wildman–Crippen LogP) is 0.347. The van der Waals surface area contributed by atoms with Crippen LogP contribution in [0.5, 0.6) is 0 Å². The molecule has 1 amide bonds. The van der Waals surface area contributed by atoms with Gasteiger partial charge in [-0.3, -0.25) is 15.1 Å². The third-order valence-electron chi connectivity index (χ3n) is 2.55. The highest BCUT2D eigenvalue weighted by Gasteiger charge is 2.39. The average molecular weight is 181 g/mol. The molecule has 2 aliphatic rings. The molecule has 2 aliphatic heterocycles. The van der Waals surface area contributed by atoms with Crippen LogP contribution < -0.4 is 5.32 Å². The van der Waals surface area contributed by atoms with Crippen molar-refractivity contribution in [2.24, 2.45) is 4.99 Å². The summed E-state index contributed by atoms with van der Waals surface area (Å²) in [7, 11) is 0. The van der Waals surface area contributed by atoms with Gasteiger partial charge in [-0.1, -0.05) is 6.92 Å². The van der Waals surface area contributed by atoms with Crippen LogP contribution in [0.3, 0.4) is 0 Å². The summed E-state index contributed by atoms with van der Waals surface area (Å²) in [5.74, 6) is 0.932. The van der Waals surface area contributed by atoms with Crippen molar-refractivity contribution in [2.75, 3.05) is 13.1 Å². The summed E-state index contributed by atoms with van der Waals surface area (Å²) in [5.41, 5.74) is 0. The molecule has 2 saturated heterocycles. The quantitative estimate of drug-likeness (QED) is 0.668. The standard InChI is InChI=1S/C9H15N3O/c1-2-5-10-9-11-8(13)7-4-3-6-12(7)9/h7H,2-6H2,1H3,(H,10,11,13). The number of rotatable bonds is 2. The van der Waals surface area contributed by atoms with Gasteiger partial charge in [0.15, 0.2) is 0 Å². The van der Waals surface area contributed by atoms with Crippen molar-refractivity contribution >= 4 is 11.9 Å². The van der Waals surface area contributed by atoms with Crippen LogP contribution in [0.1, 0.15) is 26.2 Å². The van der Waals surface area contributed by atoms with Gasteiger partial charge in [-0.2, -0.15) is 0 Å². The van der Waals surface area contributed by atoms with Gasteiger partial charge in [0.25, 0.3) is 0 Å². The van der Waals surface area contributed by atoms with Crippen LogP contribution in [0.25, 0.3) is 0 Å². The van der Waals surface area contributed by atoms with E-state index < -0.39 is 0 Å². The maximum Gasteiger partial charge on any atom is 0.249 e. The Morgan fingerprint density at radius 3 is 3.31 bits per heavy atom. The highest BCUT2D eigenvalue weighted by Crippen LogP contribution is 2.21. The van der Waals surface area contributed by atoms with Gasteiger partial charge < -0.3 is 4.90 Å². The molecule has 0 saturated carbocycles. The zero-order chi connectivity index (χ0) is 9.26. The Morgan fingerprint density at radius 2 is 2.54 bits per heavy atom. The second kappa shape index (κ2) is 3.36. The van der Waals surface area contributed by atoms with Crippen molar-refractivity contribution in [1.29, 1.82) is 0 Å². The van der Waals surface area contributed by atoms with Crippen molar-refractivity contribution in [3.63, 3.8) is 0 Å². The Kier molecular flexibility index (Phi) is 2.20. The third-order valence-corrected chi connectivity index (χ3v) is 2.55. The summed E-state index contributed by atoms with van der Waals surface area (Å²) >= 11 is 0. The summed E-state index contributed by atoms with van der Waals surface area (Å²) in [5, 5.41) is 2.83. The van der Waals surface area contributed by atoms with E-state index in [4.69, 9.17) is 0 Å². The number of guanidine groups is 1. The lowest BCUT2D eigenvalue weighted by Crippen LogP contribution is -2.30. The Bertz CT molecular complexity index is 249. The molecule has 1 unspecified atom stereocenters. The molecule has 0 aliphatic carbocycles. The summed E-state index contributed by atoms with van der Waals surface area (Å²) in [6, 6.07) is 0.0793. The summed E-state index contributed by atoms with van der Waals surface area (Å²) in [6.45, 7) is 3.87. The summed E-state index contributed by atoms with van der Waals surface area (Å²) in [6.07, 6.45) is 3.12. The lowest BCUT2D eigenvalue weighted by molar-refractivity contribution is -0.120. The molecule has 72 valence electrons. The van der Waals surface area contributed by atoms with Crippen LogP contribution in [0.2, 0.25) is 0 Å². The van der Waals surface area contributed by atoms with Gasteiger partial charge in [0.2, 0.25) is 11.9 Å². The second-order valence-electron chi connectivity index (χ2n) is 3.55. The Morgan fingerprint density at radius 1 is 1.69 bits per heavy atom. The smallest absolute Gasteiger partial charge is 0.249 e. The lowest BCUT2D eigenvalue weighted by atomic mass is 10.2. The molecule has 0 aromatic heterocycles. The van der Waals surface area contributed by atoms with Gasteiger partial charge in [-0.15, -0.1) is 0 Å². The number of carbonyl (C=O) groups is 1. The molecule has 2 heterocycles. The number of nitrogens with one attached hydrogen (secondary N) is 1. The van der Waals surface area contributed by atoms with E-state index in [9.17, 15) is 4.79 Å². The Balaban J connectivity index is 2.10. The number of amides is 1. The number of carbonyl (C=O) groups excluding carboxylic acids is 1. The van der Waals surface area contributed by atoms with Crippen molar-refractivity contribution < 1.29 is 4.79 Å². The van der Waals surface area contributed by atoms with Gasteiger partial charge in [-0.05, 0) is 19.3 Å². The molecule has 4 heteroatoms. The first-order valence-corrected chi connectivity index (χ1v) is 4.95. The number of hydrogen-bond acceptors (Lipinski definition) is 2. The van der Waals surface area contributed by atoms with E-state index >= 15 is 0 Å². The van der Waals surface area contributed by atoms with Crippen LogP contribution in [0, 0.1) is 0 Å². The van der Waals surface area contributed by atoms with E-state index in [-0.39, 0.29) is 11.9 Å². The minimum absolute atomic E-state index is 0.0793. The van der Waals surface area contributed by atoms with Crippen molar-refractivity contribution in [3.05, 3.63) is 0 Å². The molecular weight excluding hydrogens is 166 g/mol. The number of hydrogen-bond donors (Lipinski definition) is 1. The number of fused-ring (bicyclic) bond motifs is 1. The fraction of sp³-hybridized carbons (Fsp3) is 0.778. The zero-order valence-electron chi connectivity index (χ0n) is 7.92. The van der Waals surface area contributed by atoms with Crippen LogP contribution in [-0.4, -0.2) is 35.9 Å². The minimum atomic E-state index is 0.0793. The SMILES string of the molecule is CCCN=C1NC(=O)C2CCCN12. The predicted molar refractivity (Wildman–Crippen MR) is 50.5 cm³/mol. The van der Waals surface area contributed by atoms with Gasteiger partial charge in [0, 0.05) is 13.1 Å². The molecule has 0 aromatic carbocycles. The monoisotopic (exact) mass is 181 g/mol. The largest absolute Gasteiger partial charge is 0.331 e. The van der Waals surface area contributed by atoms with Crippen molar-refractivity contribution in [1.82, 2.24) is 10.2 Å². The highest BCUT2D eigenvalue weighted by atomic mass is 16.2. The van der Waals surface area contributed by atoms with E-state index in [1.807, 2.05) is 0 Å². The minimum Gasteiger partial charge on any atom is -0.331 e. The highest BCUT2D eigenvalue weighted by molar-refractivity contribution is 6.06. The third kappa shape index (κ3) is 1.41. The van der Waals surface area contributed by atoms with Crippen molar-refractivity contribution in [3.8, 4) is 0 Å². The van der Waals surface area contributed by atoms with Gasteiger partial charge in [0.1, 0.15) is 6.04 Å². The first-order chi connectivity index (χ1) is 6.33. The Hall–Kier alpha value is -1.06. The molecule has 4 nitrogen and oxygen atoms in total. The zero-order valence-corrected chi connectivity index (χ0v) is 7.92. The normalized spacial score (nSPS) is 29.6. The van der Waals surface area contributed by atoms with E-state index in [2.05, 4.69) is 22.1 Å². The molecule has 1 atom stereocenters. The van der Waals surface area contributed by atoms with Crippen LogP contribution >= 0.6 is 0 Å². The van der Waals surface area contributed by atoms with E-state index in [1.165, 1.54) is 0 Å². The van der Waals surface area contributed by atoms with Gasteiger partial charge in [-0.25, -0.2) is 0 Å². The van der Waals surface area contributed by atoms with Crippen LogP contribution in [-0.2, 0) is 4.79 Å². The van der Waals surface area contributed by atoms with Gasteiger partial charge >= 0.3 is 0 Å². The molecule has 2 fully saturated rings. The topological polar surface area (TPSA) is 44.7 Å². The second-order valence-corrected chi connectivity index (χ2v) is 3.55. The molecule has 0 spiro atoms. The first-order valence-electron chi connectivity index (χ1n) is 4.95. The molecule has 2 rings (SSSR count). The van der Waals surface area contributed by atoms with E-state index in [0.717, 1.165) is 38.3 Å². The average Bonchev–Trinajstić information content (AvgIpc) is 2.67. The molecule has 0 radical (unpaired) electrons. The van der Waals surface area contributed by atoms with E-state index in [0.29, 0.717) is 0 Å². The first kappa shape index (κ1) is 8.53. The summed E-state index contributed by atoms with van der Waals surface area (Å²) in [4.78, 5) is 17.8. The Labute approximate surface area is 78.0 Å². The fourth-order valence-electron chi connectivity index (χ4n) is 1.91. The summed E-state index contributed by atoms with van der Waals surface area (Å²) < 4.78 is 0. The maximum atomic E-state index is 11.4. The molecule has 13 heavy (non-hydrogen) atoms. The molecule has 1 N–H and O–H groups in total. The lowest BCUT2D eigenvalue weighted by Gasteiger charge is -2.13.